The third kappa shape index (κ3) is 3.68. The second-order valence-corrected chi connectivity index (χ2v) is 4.72. The summed E-state index contributed by atoms with van der Waals surface area (Å²) in [6.07, 6.45) is 1.22. The minimum Gasteiger partial charge on any atom is -0.380 e. The zero-order valence-electron chi connectivity index (χ0n) is 6.88. The van der Waals surface area contributed by atoms with E-state index in [0.717, 1.165) is 24.3 Å². The second-order valence-electron chi connectivity index (χ2n) is 3.08. The molecule has 1 aliphatic heterocycles. The third-order valence-corrected chi connectivity index (χ3v) is 3.90. The van der Waals surface area contributed by atoms with Crippen LogP contribution in [0.15, 0.2) is 0 Å². The minimum absolute atomic E-state index is 0.641. The average molecular weight is 195 g/mol. The van der Waals surface area contributed by atoms with E-state index >= 15 is 0 Å². The first-order valence-corrected chi connectivity index (χ1v) is 5.66. The lowest BCUT2D eigenvalue weighted by Crippen LogP contribution is -2.07. The molecule has 1 fully saturated rings. The van der Waals surface area contributed by atoms with Crippen LogP contribution in [0.5, 0.6) is 0 Å². The zero-order valence-corrected chi connectivity index (χ0v) is 8.46. The largest absolute Gasteiger partial charge is 0.380 e. The van der Waals surface area contributed by atoms with E-state index in [1.807, 2.05) is 11.8 Å². The van der Waals surface area contributed by atoms with Crippen LogP contribution >= 0.6 is 23.4 Å². The lowest BCUT2D eigenvalue weighted by molar-refractivity contribution is 0.199. The quantitative estimate of drug-likeness (QED) is 0.636. The number of halogens is 1. The Morgan fingerprint density at radius 1 is 1.73 bits per heavy atom. The van der Waals surface area contributed by atoms with Gasteiger partial charge < -0.3 is 4.74 Å². The van der Waals surface area contributed by atoms with Crippen molar-refractivity contribution in [1.82, 2.24) is 0 Å². The number of ether oxygens (including phenoxy) is 1. The van der Waals surface area contributed by atoms with E-state index in [-0.39, 0.29) is 0 Å². The summed E-state index contributed by atoms with van der Waals surface area (Å²) in [5.74, 6) is 2.60. The van der Waals surface area contributed by atoms with Gasteiger partial charge in [0.15, 0.2) is 0 Å². The predicted octanol–water partition coefficient (Wildman–Crippen LogP) is 2.38. The molecule has 11 heavy (non-hydrogen) atoms. The van der Waals surface area contributed by atoms with Crippen molar-refractivity contribution < 1.29 is 4.74 Å². The summed E-state index contributed by atoms with van der Waals surface area (Å²) in [5, 5.41) is 0.737. The lowest BCUT2D eigenvalue weighted by Gasteiger charge is -2.10. The SMILES string of the molecule is CC(CCl)CSC1CCOC1. The van der Waals surface area contributed by atoms with Crippen LogP contribution in [0.1, 0.15) is 13.3 Å². The summed E-state index contributed by atoms with van der Waals surface area (Å²) in [7, 11) is 0. The maximum absolute atomic E-state index is 5.69. The fourth-order valence-electron chi connectivity index (χ4n) is 0.989. The van der Waals surface area contributed by atoms with Crippen LogP contribution in [-0.2, 0) is 4.74 Å². The Morgan fingerprint density at radius 2 is 2.55 bits per heavy atom. The smallest absolute Gasteiger partial charge is 0.0585 e. The molecular formula is C8H15ClOS. The molecule has 0 aliphatic carbocycles. The van der Waals surface area contributed by atoms with Gasteiger partial charge in [-0.1, -0.05) is 6.92 Å². The molecule has 2 atom stereocenters. The van der Waals surface area contributed by atoms with Crippen molar-refractivity contribution in [3.8, 4) is 0 Å². The summed E-state index contributed by atoms with van der Waals surface area (Å²) >= 11 is 7.70. The van der Waals surface area contributed by atoms with Gasteiger partial charge in [-0.2, -0.15) is 11.8 Å². The van der Waals surface area contributed by atoms with Crippen LogP contribution in [0, 0.1) is 5.92 Å². The molecule has 66 valence electrons. The zero-order chi connectivity index (χ0) is 8.10. The Labute approximate surface area is 77.8 Å². The van der Waals surface area contributed by atoms with Gasteiger partial charge in [-0.05, 0) is 18.1 Å². The van der Waals surface area contributed by atoms with Crippen LogP contribution in [0.4, 0.5) is 0 Å². The van der Waals surface area contributed by atoms with E-state index in [0.29, 0.717) is 5.92 Å². The van der Waals surface area contributed by atoms with Crippen molar-refractivity contribution in [2.24, 2.45) is 5.92 Å². The van der Waals surface area contributed by atoms with Gasteiger partial charge in [0, 0.05) is 17.7 Å². The van der Waals surface area contributed by atoms with Crippen molar-refractivity contribution in [2.45, 2.75) is 18.6 Å². The summed E-state index contributed by atoms with van der Waals surface area (Å²) < 4.78 is 5.27. The predicted molar refractivity (Wildman–Crippen MR) is 51.6 cm³/mol. The van der Waals surface area contributed by atoms with Gasteiger partial charge in [-0.25, -0.2) is 0 Å². The number of hydrogen-bond acceptors (Lipinski definition) is 2. The molecule has 0 spiro atoms. The van der Waals surface area contributed by atoms with Gasteiger partial charge in [-0.3, -0.25) is 0 Å². The first-order chi connectivity index (χ1) is 5.33. The molecule has 2 unspecified atom stereocenters. The molecule has 0 aromatic carbocycles. The van der Waals surface area contributed by atoms with Gasteiger partial charge in [0.2, 0.25) is 0 Å². The van der Waals surface area contributed by atoms with Crippen LogP contribution in [0.25, 0.3) is 0 Å². The Hall–Kier alpha value is 0.600. The highest BCUT2D eigenvalue weighted by Crippen LogP contribution is 2.22. The Balaban J connectivity index is 2.01. The summed E-state index contributed by atoms with van der Waals surface area (Å²) in [6, 6.07) is 0. The maximum atomic E-state index is 5.69. The molecule has 1 nitrogen and oxygen atoms in total. The van der Waals surface area contributed by atoms with Crippen molar-refractivity contribution in [3.63, 3.8) is 0 Å². The van der Waals surface area contributed by atoms with E-state index < -0.39 is 0 Å². The van der Waals surface area contributed by atoms with E-state index in [2.05, 4.69) is 6.92 Å². The second kappa shape index (κ2) is 5.28. The van der Waals surface area contributed by atoms with Gasteiger partial charge in [-0.15, -0.1) is 11.6 Å². The van der Waals surface area contributed by atoms with Crippen molar-refractivity contribution in [3.05, 3.63) is 0 Å². The highest BCUT2D eigenvalue weighted by molar-refractivity contribution is 7.99. The molecule has 0 aromatic heterocycles. The maximum Gasteiger partial charge on any atom is 0.0585 e. The molecule has 1 aliphatic rings. The van der Waals surface area contributed by atoms with Crippen molar-refractivity contribution in [1.29, 1.82) is 0 Å². The first kappa shape index (κ1) is 9.69. The molecule has 0 N–H and O–H groups in total. The van der Waals surface area contributed by atoms with E-state index in [9.17, 15) is 0 Å². The molecule has 1 heterocycles. The topological polar surface area (TPSA) is 9.23 Å². The monoisotopic (exact) mass is 194 g/mol. The van der Waals surface area contributed by atoms with E-state index in [1.165, 1.54) is 12.2 Å². The van der Waals surface area contributed by atoms with Crippen LogP contribution in [0.3, 0.4) is 0 Å². The standard InChI is InChI=1S/C8H15ClOS/c1-7(4-9)6-11-8-2-3-10-5-8/h7-8H,2-6H2,1H3. The van der Waals surface area contributed by atoms with Crippen LogP contribution < -0.4 is 0 Å². The fraction of sp³-hybridized carbons (Fsp3) is 1.00. The third-order valence-electron chi connectivity index (χ3n) is 1.77. The fourth-order valence-corrected chi connectivity index (χ4v) is 2.40. The van der Waals surface area contributed by atoms with Gasteiger partial charge in [0.1, 0.15) is 0 Å². The van der Waals surface area contributed by atoms with E-state index in [4.69, 9.17) is 16.3 Å². The highest BCUT2D eigenvalue weighted by Gasteiger charge is 2.16. The molecule has 0 saturated carbocycles. The Bertz CT molecular complexity index is 104. The van der Waals surface area contributed by atoms with Gasteiger partial charge >= 0.3 is 0 Å². The molecule has 3 heteroatoms. The summed E-state index contributed by atoms with van der Waals surface area (Å²) in [6.45, 7) is 4.09. The summed E-state index contributed by atoms with van der Waals surface area (Å²) in [4.78, 5) is 0. The molecule has 0 aromatic rings. The molecular weight excluding hydrogens is 180 g/mol. The molecule has 1 saturated heterocycles. The van der Waals surface area contributed by atoms with Crippen molar-refractivity contribution in [2.75, 3.05) is 24.8 Å². The molecule has 1 rings (SSSR count). The average Bonchev–Trinajstić information content (AvgIpc) is 2.52. The van der Waals surface area contributed by atoms with Crippen LogP contribution in [-0.4, -0.2) is 30.1 Å². The Kier molecular flexibility index (Phi) is 4.65. The first-order valence-electron chi connectivity index (χ1n) is 4.08. The molecule has 0 radical (unpaired) electrons. The van der Waals surface area contributed by atoms with Gasteiger partial charge in [0.25, 0.3) is 0 Å². The Morgan fingerprint density at radius 3 is 3.09 bits per heavy atom. The van der Waals surface area contributed by atoms with Gasteiger partial charge in [0.05, 0.1) is 6.61 Å². The molecule has 0 bridgehead atoms. The molecule has 0 amide bonds. The minimum atomic E-state index is 0.641. The normalized spacial score (nSPS) is 27.3. The number of hydrogen-bond donors (Lipinski definition) is 0. The van der Waals surface area contributed by atoms with E-state index in [1.54, 1.807) is 0 Å². The van der Waals surface area contributed by atoms with Crippen molar-refractivity contribution >= 4 is 23.4 Å². The number of rotatable bonds is 4. The number of alkyl halides is 1. The highest BCUT2D eigenvalue weighted by atomic mass is 35.5. The number of thioether (sulfide) groups is 1. The summed E-state index contributed by atoms with van der Waals surface area (Å²) in [5.41, 5.74) is 0. The van der Waals surface area contributed by atoms with Crippen LogP contribution in [0.2, 0.25) is 0 Å². The lowest BCUT2D eigenvalue weighted by atomic mass is 10.3.